The Hall–Kier alpha value is -7.16. The van der Waals surface area contributed by atoms with E-state index in [4.69, 9.17) is 0 Å². The summed E-state index contributed by atoms with van der Waals surface area (Å²) in [6, 6.07) is 42.6. The minimum Gasteiger partial charge on any atom is -0.329 e. The predicted molar refractivity (Wildman–Crippen MR) is 288 cm³/mol. The molecule has 5 atom stereocenters. The van der Waals surface area contributed by atoms with Crippen LogP contribution in [0.1, 0.15) is 133 Å². The molecule has 0 spiro atoms. The Morgan fingerprint density at radius 2 is 0.533 bits per heavy atom. The second kappa shape index (κ2) is 24.0. The highest BCUT2D eigenvalue weighted by atomic mass is 16.5. The average molecular weight is 1020 g/mol. The molecule has 75 heavy (non-hydrogen) atoms. The van der Waals surface area contributed by atoms with Crippen LogP contribution in [0.15, 0.2) is 152 Å². The molecule has 14 nitrogen and oxygen atoms in total. The maximum atomic E-state index is 15.6. The highest BCUT2D eigenvalue weighted by Gasteiger charge is 2.49. The van der Waals surface area contributed by atoms with Gasteiger partial charge < -0.3 is 29.4 Å². The van der Waals surface area contributed by atoms with Gasteiger partial charge in [-0.05, 0) is 103 Å². The number of hydroxylamine groups is 2. The van der Waals surface area contributed by atoms with Crippen molar-refractivity contribution in [3.63, 3.8) is 0 Å². The first-order valence-corrected chi connectivity index (χ1v) is 26.2. The maximum Gasteiger partial charge on any atom is 0.243 e. The molecular weight excluding hydrogens is 943 g/mol. The van der Waals surface area contributed by atoms with Gasteiger partial charge in [0.1, 0.15) is 39.3 Å². The Bertz CT molecular complexity index is 2640. The van der Waals surface area contributed by atoms with Crippen molar-refractivity contribution in [2.75, 3.05) is 39.3 Å². The molecule has 2 fully saturated rings. The van der Waals surface area contributed by atoms with E-state index in [1.807, 2.05) is 214 Å². The first-order valence-electron chi connectivity index (χ1n) is 26.2. The van der Waals surface area contributed by atoms with E-state index in [1.165, 1.54) is 29.4 Å². The van der Waals surface area contributed by atoms with E-state index in [2.05, 4.69) is 0 Å². The lowest BCUT2D eigenvalue weighted by molar-refractivity contribution is -0.293. The summed E-state index contributed by atoms with van der Waals surface area (Å²) in [6.45, 7) is 13.6. The lowest BCUT2D eigenvalue weighted by Gasteiger charge is -2.52. The van der Waals surface area contributed by atoms with Crippen molar-refractivity contribution in [3.05, 3.63) is 179 Å². The number of nitrogens with zero attached hydrogens (tertiary/aromatic N) is 7. The van der Waals surface area contributed by atoms with Crippen molar-refractivity contribution in [1.82, 2.24) is 34.5 Å². The summed E-state index contributed by atoms with van der Waals surface area (Å²) in [6.07, 6.45) is 0.432. The molecule has 14 heteroatoms. The SMILES string of the molecule is C[C@@H](c1ccccc1)N1CC(=O)N(C2CC(C)(C)N([O])C(C)(C)C2)CC(=O)N([C@@H](C)c2ccccc2)CC(=O)N([C@@H](C)c2ccccc2)CC(=O)N([C@@H](C)c2ccccc2)CC(=O)N([C@@H](C)c2ccccc2)CC1=O. The number of carbonyl (C=O) groups excluding carboxylic acids is 6. The zero-order chi connectivity index (χ0) is 54.2. The number of piperidine rings is 1. The summed E-state index contributed by atoms with van der Waals surface area (Å²) in [4.78, 5) is 102. The van der Waals surface area contributed by atoms with Crippen LogP contribution in [0.2, 0.25) is 0 Å². The van der Waals surface area contributed by atoms with Gasteiger partial charge in [-0.3, -0.25) is 28.8 Å². The van der Waals surface area contributed by atoms with E-state index < -0.39 is 122 Å². The van der Waals surface area contributed by atoms with Crippen LogP contribution in [0.5, 0.6) is 0 Å². The highest BCUT2D eigenvalue weighted by Crippen LogP contribution is 2.40. The molecule has 5 aromatic carbocycles. The summed E-state index contributed by atoms with van der Waals surface area (Å²) >= 11 is 0. The van der Waals surface area contributed by atoms with Crippen molar-refractivity contribution < 1.29 is 34.0 Å². The molecule has 2 heterocycles. The zero-order valence-corrected chi connectivity index (χ0v) is 45.0. The minimum atomic E-state index is -0.956. The van der Waals surface area contributed by atoms with Crippen LogP contribution >= 0.6 is 0 Å². The molecule has 395 valence electrons. The summed E-state index contributed by atoms with van der Waals surface area (Å²) in [7, 11) is 0. The molecule has 5 aromatic rings. The molecule has 2 aliphatic heterocycles. The van der Waals surface area contributed by atoms with E-state index in [0.717, 1.165) is 32.9 Å². The molecule has 1 radical (unpaired) electrons. The molecule has 2 aliphatic rings. The van der Waals surface area contributed by atoms with Crippen molar-refractivity contribution in [2.24, 2.45) is 0 Å². The van der Waals surface area contributed by atoms with E-state index in [0.29, 0.717) is 0 Å². The predicted octanol–water partition coefficient (Wildman–Crippen LogP) is 9.14. The molecule has 0 unspecified atom stereocenters. The third-order valence-corrected chi connectivity index (χ3v) is 15.5. The summed E-state index contributed by atoms with van der Waals surface area (Å²) in [5, 5.41) is 14.9. The highest BCUT2D eigenvalue weighted by molar-refractivity contribution is 5.94. The fourth-order valence-electron chi connectivity index (χ4n) is 11.0. The van der Waals surface area contributed by atoms with Crippen LogP contribution in [-0.2, 0) is 34.0 Å². The largest absolute Gasteiger partial charge is 0.329 e. The van der Waals surface area contributed by atoms with Gasteiger partial charge >= 0.3 is 0 Å². The molecule has 0 aliphatic carbocycles. The van der Waals surface area contributed by atoms with Gasteiger partial charge in [-0.25, -0.2) is 0 Å². The topological polar surface area (TPSA) is 145 Å². The van der Waals surface area contributed by atoms with Crippen molar-refractivity contribution in [2.45, 2.75) is 122 Å². The van der Waals surface area contributed by atoms with Gasteiger partial charge in [0, 0.05) is 17.1 Å². The van der Waals surface area contributed by atoms with Crippen molar-refractivity contribution in [1.29, 1.82) is 0 Å². The van der Waals surface area contributed by atoms with Crippen LogP contribution in [-0.4, -0.2) is 126 Å². The van der Waals surface area contributed by atoms with Gasteiger partial charge in [0.15, 0.2) is 0 Å². The van der Waals surface area contributed by atoms with Crippen LogP contribution in [0, 0.1) is 0 Å². The summed E-state index contributed by atoms with van der Waals surface area (Å²) in [5.41, 5.74) is 1.81. The van der Waals surface area contributed by atoms with Gasteiger partial charge in [-0.15, -0.1) is 10.3 Å². The normalized spacial score (nSPS) is 20.3. The molecule has 0 bridgehead atoms. The average Bonchev–Trinajstić information content (AvgIpc) is 3.42. The Labute approximate surface area is 443 Å². The van der Waals surface area contributed by atoms with Crippen LogP contribution in [0.4, 0.5) is 0 Å². The van der Waals surface area contributed by atoms with Crippen LogP contribution < -0.4 is 0 Å². The van der Waals surface area contributed by atoms with Gasteiger partial charge in [-0.1, -0.05) is 152 Å². The zero-order valence-electron chi connectivity index (χ0n) is 45.0. The number of hydrogen-bond acceptors (Lipinski definition) is 7. The first-order chi connectivity index (χ1) is 35.7. The van der Waals surface area contributed by atoms with Gasteiger partial charge in [0.25, 0.3) is 0 Å². The third-order valence-electron chi connectivity index (χ3n) is 15.5. The standard InChI is InChI=1S/C61H74N7O7/c1-43(48-25-15-10-16-26-48)62-37-55(70)64(45(3)50-29-19-12-20-30-50)39-57(72)66(47(5)52-33-23-14-24-34-52)41-59(74)67(53-35-60(6,7)68(75)61(8,9)36-53)42-58(73)65(46(4)51-31-21-13-22-32-51)40-56(71)63(38-54(62)69)44(2)49-27-17-11-18-28-49/h10-34,43-47,53H,35-42H2,1-9H3/t43-,44-,45-,46-,47-/m0/s1. The molecule has 0 aromatic heterocycles. The number of carbonyl (C=O) groups is 6. The Kier molecular flexibility index (Phi) is 17.8. The second-order valence-electron chi connectivity index (χ2n) is 21.5. The molecule has 6 amide bonds. The smallest absolute Gasteiger partial charge is 0.243 e. The van der Waals surface area contributed by atoms with Gasteiger partial charge in [-0.2, -0.15) is 0 Å². The number of rotatable bonds is 11. The van der Waals surface area contributed by atoms with Crippen LogP contribution in [0.3, 0.4) is 0 Å². The lowest BCUT2D eigenvalue weighted by atomic mass is 9.78. The summed E-state index contributed by atoms with van der Waals surface area (Å²) in [5.74, 6) is -3.15. The molecule has 2 saturated heterocycles. The number of amides is 6. The summed E-state index contributed by atoms with van der Waals surface area (Å²) < 4.78 is 0. The Morgan fingerprint density at radius 1 is 0.333 bits per heavy atom. The molecule has 0 saturated carbocycles. The van der Waals surface area contributed by atoms with Crippen molar-refractivity contribution >= 4 is 35.4 Å². The maximum absolute atomic E-state index is 15.6. The number of hydrogen-bond donors (Lipinski definition) is 0. The number of benzene rings is 5. The minimum absolute atomic E-state index is 0.216. The van der Waals surface area contributed by atoms with Gasteiger partial charge in [0.2, 0.25) is 35.4 Å². The van der Waals surface area contributed by atoms with E-state index in [9.17, 15) is 5.21 Å². The Balaban J connectivity index is 1.42. The van der Waals surface area contributed by atoms with Crippen molar-refractivity contribution in [3.8, 4) is 0 Å². The third kappa shape index (κ3) is 13.0. The monoisotopic (exact) mass is 1020 g/mol. The van der Waals surface area contributed by atoms with E-state index in [1.54, 1.807) is 0 Å². The van der Waals surface area contributed by atoms with E-state index >= 15 is 28.8 Å². The fraction of sp³-hybridized carbons (Fsp3) is 0.410. The Morgan fingerprint density at radius 3 is 0.760 bits per heavy atom. The van der Waals surface area contributed by atoms with E-state index in [-0.39, 0.29) is 12.8 Å². The van der Waals surface area contributed by atoms with Gasteiger partial charge in [0.05, 0.1) is 30.2 Å². The lowest BCUT2D eigenvalue weighted by Crippen LogP contribution is -2.64. The molecular formula is C61H74N7O7. The molecule has 7 rings (SSSR count). The fourth-order valence-corrected chi connectivity index (χ4v) is 11.0. The quantitative estimate of drug-likeness (QED) is 0.128. The first kappa shape index (κ1) is 55.6. The molecule has 0 N–H and O–H groups in total. The second-order valence-corrected chi connectivity index (χ2v) is 21.5. The van der Waals surface area contributed by atoms with Crippen LogP contribution in [0.25, 0.3) is 0 Å².